The number of hydrogen-bond acceptors (Lipinski definition) is 6. The number of ether oxygens (including phenoxy) is 2. The fraction of sp³-hybridized carbons (Fsp3) is 0.391. The highest BCUT2D eigenvalue weighted by Crippen LogP contribution is 2.27. The van der Waals surface area contributed by atoms with Crippen molar-refractivity contribution >= 4 is 29.4 Å². The highest BCUT2D eigenvalue weighted by molar-refractivity contribution is 6.30. The third-order valence-electron chi connectivity index (χ3n) is 5.17. The van der Waals surface area contributed by atoms with Crippen LogP contribution in [0.3, 0.4) is 0 Å². The van der Waals surface area contributed by atoms with E-state index in [1.54, 1.807) is 63.0 Å². The zero-order chi connectivity index (χ0) is 23.8. The monoisotopic (exact) mass is 471 g/mol. The molecular formula is C23H26ClN5O4. The van der Waals surface area contributed by atoms with Crippen LogP contribution in [0.25, 0.3) is 5.69 Å². The van der Waals surface area contributed by atoms with Gasteiger partial charge in [0, 0.05) is 22.8 Å². The Morgan fingerprint density at radius 2 is 2.03 bits per heavy atom. The summed E-state index contributed by atoms with van der Waals surface area (Å²) in [5.74, 6) is -0.500. The summed E-state index contributed by atoms with van der Waals surface area (Å²) in [6, 6.07) is 8.96. The van der Waals surface area contributed by atoms with Gasteiger partial charge in [-0.05, 0) is 45.9 Å². The number of hydrogen-bond donors (Lipinski definition) is 1. The summed E-state index contributed by atoms with van der Waals surface area (Å²) in [5, 5.41) is 12.1. The van der Waals surface area contributed by atoms with E-state index in [2.05, 4.69) is 15.5 Å². The van der Waals surface area contributed by atoms with Gasteiger partial charge in [-0.1, -0.05) is 17.7 Å². The summed E-state index contributed by atoms with van der Waals surface area (Å²) < 4.78 is 13.4. The zero-order valence-electron chi connectivity index (χ0n) is 18.9. The molecule has 3 heterocycles. The molecule has 0 radical (unpaired) electrons. The number of carbonyl (C=O) groups excluding carboxylic acids is 2. The summed E-state index contributed by atoms with van der Waals surface area (Å²) in [6.07, 6.45) is 2.75. The molecule has 33 heavy (non-hydrogen) atoms. The Balaban J connectivity index is 1.54. The number of nitrogens with one attached hydrogen (secondary N) is 1. The van der Waals surface area contributed by atoms with Crippen LogP contribution in [0, 0.1) is 0 Å². The molecule has 4 rings (SSSR count). The van der Waals surface area contributed by atoms with Crippen LogP contribution >= 0.6 is 11.6 Å². The number of aromatic nitrogens is 4. The van der Waals surface area contributed by atoms with Gasteiger partial charge in [0.25, 0.3) is 0 Å². The van der Waals surface area contributed by atoms with Crippen molar-refractivity contribution in [2.75, 3.05) is 18.5 Å². The van der Waals surface area contributed by atoms with Crippen LogP contribution in [0.5, 0.6) is 0 Å². The molecule has 1 unspecified atom stereocenters. The first-order valence-corrected chi connectivity index (χ1v) is 11.0. The minimum absolute atomic E-state index is 0.0812. The summed E-state index contributed by atoms with van der Waals surface area (Å²) in [4.78, 5) is 25.8. The smallest absolute Gasteiger partial charge is 0.437 e. The van der Waals surface area contributed by atoms with Gasteiger partial charge < -0.3 is 14.8 Å². The van der Waals surface area contributed by atoms with Gasteiger partial charge in [-0.3, -0.25) is 4.79 Å². The Kier molecular flexibility index (Phi) is 6.27. The summed E-state index contributed by atoms with van der Waals surface area (Å²) in [7, 11) is 0. The van der Waals surface area contributed by atoms with Gasteiger partial charge in [-0.25, -0.2) is 9.48 Å². The molecule has 0 aliphatic carbocycles. The number of anilines is 1. The molecule has 0 saturated carbocycles. The molecule has 1 saturated heterocycles. The first kappa shape index (κ1) is 23.0. The van der Waals surface area contributed by atoms with Crippen LogP contribution < -0.4 is 5.32 Å². The maximum atomic E-state index is 13.0. The Labute approximate surface area is 196 Å². The molecule has 1 amide bonds. The van der Waals surface area contributed by atoms with Crippen molar-refractivity contribution in [2.45, 2.75) is 45.1 Å². The molecule has 1 atom stereocenters. The second-order valence-electron chi connectivity index (χ2n) is 8.99. The van der Waals surface area contributed by atoms with Gasteiger partial charge in [0.15, 0.2) is 0 Å². The van der Waals surface area contributed by atoms with Gasteiger partial charge in [-0.15, -0.1) is 4.68 Å². The van der Waals surface area contributed by atoms with Crippen LogP contribution in [0.1, 0.15) is 50.8 Å². The van der Waals surface area contributed by atoms with Gasteiger partial charge in [-0.2, -0.15) is 10.2 Å². The predicted molar refractivity (Wildman–Crippen MR) is 123 cm³/mol. The molecule has 9 nitrogen and oxygen atoms in total. The van der Waals surface area contributed by atoms with E-state index >= 15 is 0 Å². The van der Waals surface area contributed by atoms with Crippen LogP contribution in [0.4, 0.5) is 10.6 Å². The first-order chi connectivity index (χ1) is 15.6. The summed E-state index contributed by atoms with van der Waals surface area (Å²) in [5.41, 5.74) is 1.47. The van der Waals surface area contributed by atoms with Crippen molar-refractivity contribution in [1.82, 2.24) is 19.6 Å². The maximum absolute atomic E-state index is 13.0. The third kappa shape index (κ3) is 5.26. The van der Waals surface area contributed by atoms with E-state index in [9.17, 15) is 9.59 Å². The number of benzene rings is 1. The van der Waals surface area contributed by atoms with Crippen molar-refractivity contribution in [3.63, 3.8) is 0 Å². The standard InChI is InChI=1S/C23H26ClN5O4/c1-14(15-10-25-28(11-15)18-7-5-6-17(24)8-18)21(30)26-20-9-19(16-12-32-13-16)27-29(20)22(31)33-23(2,3)4/h5-11,14,16H,12-13H2,1-4H3,(H,26,30). The Morgan fingerprint density at radius 1 is 1.27 bits per heavy atom. The molecule has 3 aromatic rings. The average Bonchev–Trinajstić information content (AvgIpc) is 3.32. The quantitative estimate of drug-likeness (QED) is 0.593. The lowest BCUT2D eigenvalue weighted by molar-refractivity contribution is -0.117. The molecular weight excluding hydrogens is 446 g/mol. The maximum Gasteiger partial charge on any atom is 0.437 e. The largest absolute Gasteiger partial charge is 0.442 e. The number of amides is 1. The fourth-order valence-electron chi connectivity index (χ4n) is 3.24. The second-order valence-corrected chi connectivity index (χ2v) is 9.43. The van der Waals surface area contributed by atoms with E-state index in [1.807, 2.05) is 12.1 Å². The van der Waals surface area contributed by atoms with E-state index in [0.29, 0.717) is 29.5 Å². The molecule has 0 spiro atoms. The Morgan fingerprint density at radius 3 is 2.67 bits per heavy atom. The molecule has 1 aliphatic rings. The van der Waals surface area contributed by atoms with Gasteiger partial charge in [0.2, 0.25) is 5.91 Å². The van der Waals surface area contributed by atoms with E-state index in [1.165, 1.54) is 0 Å². The summed E-state index contributed by atoms with van der Waals surface area (Å²) >= 11 is 6.06. The van der Waals surface area contributed by atoms with Crippen molar-refractivity contribution in [1.29, 1.82) is 0 Å². The lowest BCUT2D eigenvalue weighted by atomic mass is 10.0. The van der Waals surface area contributed by atoms with Gasteiger partial charge in [0.05, 0.1) is 42.6 Å². The first-order valence-electron chi connectivity index (χ1n) is 10.6. The average molecular weight is 472 g/mol. The predicted octanol–water partition coefficient (Wildman–Crippen LogP) is 4.36. The van der Waals surface area contributed by atoms with Crippen LogP contribution in [0.15, 0.2) is 42.7 Å². The minimum atomic E-state index is -0.702. The zero-order valence-corrected chi connectivity index (χ0v) is 19.7. The van der Waals surface area contributed by atoms with Crippen molar-refractivity contribution in [3.8, 4) is 5.69 Å². The number of halogens is 1. The molecule has 10 heteroatoms. The van der Waals surface area contributed by atoms with E-state index in [0.717, 1.165) is 10.4 Å². The normalized spacial score (nSPS) is 15.1. The lowest BCUT2D eigenvalue weighted by Crippen LogP contribution is -2.30. The Hall–Kier alpha value is -3.17. The molecule has 1 aliphatic heterocycles. The summed E-state index contributed by atoms with van der Waals surface area (Å²) in [6.45, 7) is 8.13. The fourth-order valence-corrected chi connectivity index (χ4v) is 3.43. The topological polar surface area (TPSA) is 100 Å². The van der Waals surface area contributed by atoms with Gasteiger partial charge >= 0.3 is 6.09 Å². The van der Waals surface area contributed by atoms with Crippen LogP contribution in [-0.4, -0.2) is 50.4 Å². The van der Waals surface area contributed by atoms with Crippen molar-refractivity contribution in [3.05, 3.63) is 59.0 Å². The minimum Gasteiger partial charge on any atom is -0.442 e. The van der Waals surface area contributed by atoms with Crippen LogP contribution in [0.2, 0.25) is 5.02 Å². The SMILES string of the molecule is CC(C(=O)Nc1cc(C2COC2)nn1C(=O)OC(C)(C)C)c1cnn(-c2cccc(Cl)c2)c1. The highest BCUT2D eigenvalue weighted by Gasteiger charge is 2.29. The Bertz CT molecular complexity index is 1180. The molecule has 1 N–H and O–H groups in total. The van der Waals surface area contributed by atoms with E-state index in [4.69, 9.17) is 21.1 Å². The number of rotatable bonds is 5. The number of carbonyl (C=O) groups is 2. The van der Waals surface area contributed by atoms with E-state index < -0.39 is 17.6 Å². The number of nitrogens with zero attached hydrogens (tertiary/aromatic N) is 4. The molecule has 1 aromatic carbocycles. The van der Waals surface area contributed by atoms with Crippen LogP contribution in [-0.2, 0) is 14.3 Å². The third-order valence-corrected chi connectivity index (χ3v) is 5.41. The molecule has 174 valence electrons. The molecule has 2 aromatic heterocycles. The molecule has 1 fully saturated rings. The van der Waals surface area contributed by atoms with E-state index in [-0.39, 0.29) is 17.6 Å². The highest BCUT2D eigenvalue weighted by atomic mass is 35.5. The molecule has 0 bridgehead atoms. The van der Waals surface area contributed by atoms with Crippen molar-refractivity contribution < 1.29 is 19.1 Å². The van der Waals surface area contributed by atoms with Crippen molar-refractivity contribution in [2.24, 2.45) is 0 Å². The van der Waals surface area contributed by atoms with Gasteiger partial charge in [0.1, 0.15) is 11.4 Å². The second kappa shape index (κ2) is 8.99. The lowest BCUT2D eigenvalue weighted by Gasteiger charge is -2.23.